The number of piperazine rings is 1. The zero-order valence-electron chi connectivity index (χ0n) is 18.1. The van der Waals surface area contributed by atoms with Crippen LogP contribution in [0.5, 0.6) is 5.75 Å². The van der Waals surface area contributed by atoms with Crippen molar-refractivity contribution in [3.05, 3.63) is 65.0 Å². The maximum absolute atomic E-state index is 12.8. The zero-order chi connectivity index (χ0) is 21.3. The van der Waals surface area contributed by atoms with Crippen molar-refractivity contribution in [2.75, 3.05) is 39.3 Å². The largest absolute Gasteiger partial charge is 0.493 e. The summed E-state index contributed by atoms with van der Waals surface area (Å²) in [5.74, 6) is 0.752. The lowest BCUT2D eigenvalue weighted by molar-refractivity contribution is 0.235. The van der Waals surface area contributed by atoms with Gasteiger partial charge in [-0.1, -0.05) is 49.6 Å². The molecule has 0 aliphatic carbocycles. The molecule has 0 atom stereocenters. The normalized spacial score (nSPS) is 14.7. The van der Waals surface area contributed by atoms with Crippen molar-refractivity contribution in [1.29, 1.82) is 0 Å². The van der Waals surface area contributed by atoms with Gasteiger partial charge in [0.2, 0.25) is 0 Å². The number of rotatable bonds is 10. The molecule has 0 spiro atoms. The van der Waals surface area contributed by atoms with Crippen LogP contribution in [-0.2, 0) is 0 Å². The minimum absolute atomic E-state index is 0.0141. The second-order valence-electron chi connectivity index (χ2n) is 8.21. The van der Waals surface area contributed by atoms with Crippen LogP contribution in [0.3, 0.4) is 0 Å². The molecule has 1 N–H and O–H groups in total. The van der Waals surface area contributed by atoms with Crippen molar-refractivity contribution >= 4 is 11.0 Å². The van der Waals surface area contributed by atoms with E-state index < -0.39 is 0 Å². The summed E-state index contributed by atoms with van der Waals surface area (Å²) in [7, 11) is 0. The summed E-state index contributed by atoms with van der Waals surface area (Å²) in [6.45, 7) is 6.55. The number of nitrogens with one attached hydrogen (secondary N) is 1. The predicted octanol–water partition coefficient (Wildman–Crippen LogP) is 4.69. The summed E-state index contributed by atoms with van der Waals surface area (Å²) in [5, 5.41) is 3.98. The molecule has 3 aromatic rings. The van der Waals surface area contributed by atoms with Gasteiger partial charge in [-0.3, -0.25) is 4.79 Å². The molecule has 0 saturated carbocycles. The second-order valence-corrected chi connectivity index (χ2v) is 8.21. The van der Waals surface area contributed by atoms with E-state index in [1.807, 2.05) is 42.5 Å². The van der Waals surface area contributed by atoms with Crippen LogP contribution in [0.25, 0.3) is 22.1 Å². The lowest BCUT2D eigenvalue weighted by atomic mass is 10.1. The highest BCUT2D eigenvalue weighted by atomic mass is 16.5. The van der Waals surface area contributed by atoms with Crippen molar-refractivity contribution in [2.45, 2.75) is 32.1 Å². The highest BCUT2D eigenvalue weighted by molar-refractivity contribution is 5.82. The van der Waals surface area contributed by atoms with Gasteiger partial charge in [0.15, 0.2) is 5.43 Å². The SMILES string of the molecule is O=c1c(-c2ccccc2)coc2cc(OCCCCCCCN3CCNCC3)ccc12. The topological polar surface area (TPSA) is 54.7 Å². The third-order valence-corrected chi connectivity index (χ3v) is 5.93. The maximum atomic E-state index is 12.8. The predicted molar refractivity (Wildman–Crippen MR) is 126 cm³/mol. The van der Waals surface area contributed by atoms with E-state index in [2.05, 4.69) is 10.2 Å². The Labute approximate surface area is 184 Å². The monoisotopic (exact) mass is 420 g/mol. The van der Waals surface area contributed by atoms with E-state index in [1.54, 1.807) is 12.3 Å². The lowest BCUT2D eigenvalue weighted by Gasteiger charge is -2.27. The van der Waals surface area contributed by atoms with Gasteiger partial charge in [0.25, 0.3) is 0 Å². The Hall–Kier alpha value is -2.63. The van der Waals surface area contributed by atoms with Crippen LogP contribution >= 0.6 is 0 Å². The van der Waals surface area contributed by atoms with Gasteiger partial charge in [-0.15, -0.1) is 0 Å². The van der Waals surface area contributed by atoms with Crippen molar-refractivity contribution in [2.24, 2.45) is 0 Å². The number of hydrogen-bond donors (Lipinski definition) is 1. The Morgan fingerprint density at radius 2 is 1.71 bits per heavy atom. The van der Waals surface area contributed by atoms with Crippen molar-refractivity contribution in [3.8, 4) is 16.9 Å². The van der Waals surface area contributed by atoms with Gasteiger partial charge >= 0.3 is 0 Å². The Balaban J connectivity index is 1.21. The van der Waals surface area contributed by atoms with Gasteiger partial charge in [0, 0.05) is 32.2 Å². The quantitative estimate of drug-likeness (QED) is 0.482. The summed E-state index contributed by atoms with van der Waals surface area (Å²) in [5.41, 5.74) is 2.00. The molecule has 164 valence electrons. The van der Waals surface area contributed by atoms with E-state index in [9.17, 15) is 4.79 Å². The summed E-state index contributed by atoms with van der Waals surface area (Å²) in [6, 6.07) is 15.1. The van der Waals surface area contributed by atoms with E-state index in [-0.39, 0.29) is 5.43 Å². The summed E-state index contributed by atoms with van der Waals surface area (Å²) >= 11 is 0. The molecule has 5 heteroatoms. The number of fused-ring (bicyclic) bond motifs is 1. The first kappa shape index (κ1) is 21.6. The molecule has 5 nitrogen and oxygen atoms in total. The molecule has 1 fully saturated rings. The molecule has 1 aliphatic rings. The van der Waals surface area contributed by atoms with Gasteiger partial charge in [-0.25, -0.2) is 0 Å². The van der Waals surface area contributed by atoms with E-state index >= 15 is 0 Å². The lowest BCUT2D eigenvalue weighted by Crippen LogP contribution is -2.43. The molecule has 0 amide bonds. The fraction of sp³-hybridized carbons (Fsp3) is 0.423. The smallest absolute Gasteiger partial charge is 0.200 e. The number of hydrogen-bond acceptors (Lipinski definition) is 5. The molecule has 0 unspecified atom stereocenters. The average molecular weight is 421 g/mol. The van der Waals surface area contributed by atoms with Gasteiger partial charge in [-0.2, -0.15) is 0 Å². The molecule has 4 rings (SSSR count). The van der Waals surface area contributed by atoms with E-state index in [1.165, 1.54) is 45.3 Å². The highest BCUT2D eigenvalue weighted by Crippen LogP contribution is 2.23. The van der Waals surface area contributed by atoms with Crippen LogP contribution in [-0.4, -0.2) is 44.2 Å². The van der Waals surface area contributed by atoms with Crippen molar-refractivity contribution in [3.63, 3.8) is 0 Å². The van der Waals surface area contributed by atoms with E-state index in [4.69, 9.17) is 9.15 Å². The minimum atomic E-state index is -0.0141. The number of unbranched alkanes of at least 4 members (excludes halogenated alkanes) is 4. The summed E-state index contributed by atoms with van der Waals surface area (Å²) in [6.07, 6.45) is 7.60. The molecule has 1 aliphatic heterocycles. The van der Waals surface area contributed by atoms with Gasteiger partial charge < -0.3 is 19.4 Å². The first-order valence-electron chi connectivity index (χ1n) is 11.5. The number of ether oxygens (including phenoxy) is 1. The summed E-state index contributed by atoms with van der Waals surface area (Å²) < 4.78 is 11.6. The molecule has 1 aromatic heterocycles. The van der Waals surface area contributed by atoms with E-state index in [0.717, 1.165) is 30.8 Å². The highest BCUT2D eigenvalue weighted by Gasteiger charge is 2.10. The Kier molecular flexibility index (Phi) is 7.75. The van der Waals surface area contributed by atoms with Crippen LogP contribution in [0.15, 0.2) is 64.0 Å². The molecule has 2 aromatic carbocycles. The van der Waals surface area contributed by atoms with Crippen LogP contribution in [0.1, 0.15) is 32.1 Å². The third-order valence-electron chi connectivity index (χ3n) is 5.93. The van der Waals surface area contributed by atoms with Crippen molar-refractivity contribution < 1.29 is 9.15 Å². The Morgan fingerprint density at radius 1 is 0.935 bits per heavy atom. The van der Waals surface area contributed by atoms with Crippen LogP contribution in [0, 0.1) is 0 Å². The summed E-state index contributed by atoms with van der Waals surface area (Å²) in [4.78, 5) is 15.4. The Morgan fingerprint density at radius 3 is 2.55 bits per heavy atom. The number of nitrogens with zero attached hydrogens (tertiary/aromatic N) is 1. The second kappa shape index (κ2) is 11.1. The Bertz CT molecular complexity index is 1010. The van der Waals surface area contributed by atoms with Crippen LogP contribution < -0.4 is 15.5 Å². The van der Waals surface area contributed by atoms with Crippen molar-refractivity contribution in [1.82, 2.24) is 10.2 Å². The minimum Gasteiger partial charge on any atom is -0.493 e. The zero-order valence-corrected chi connectivity index (χ0v) is 18.1. The fourth-order valence-electron chi connectivity index (χ4n) is 4.11. The molecular formula is C26H32N2O3. The van der Waals surface area contributed by atoms with Gasteiger partial charge in [-0.05, 0) is 37.1 Å². The van der Waals surface area contributed by atoms with Gasteiger partial charge in [0.1, 0.15) is 17.6 Å². The first-order valence-corrected chi connectivity index (χ1v) is 11.5. The molecule has 31 heavy (non-hydrogen) atoms. The maximum Gasteiger partial charge on any atom is 0.200 e. The molecule has 0 bridgehead atoms. The fourth-order valence-corrected chi connectivity index (χ4v) is 4.11. The molecule has 1 saturated heterocycles. The molecule has 0 radical (unpaired) electrons. The average Bonchev–Trinajstić information content (AvgIpc) is 2.82. The standard InChI is InChI=1S/C26H32N2O3/c29-26-23-12-11-22(19-25(23)31-20-24(26)21-9-5-4-6-10-21)30-18-8-3-1-2-7-15-28-16-13-27-14-17-28/h4-6,9-12,19-20,27H,1-3,7-8,13-18H2. The van der Waals surface area contributed by atoms with Crippen LogP contribution in [0.2, 0.25) is 0 Å². The van der Waals surface area contributed by atoms with Gasteiger partial charge in [0.05, 0.1) is 17.6 Å². The van der Waals surface area contributed by atoms with Crippen LogP contribution in [0.4, 0.5) is 0 Å². The first-order chi connectivity index (χ1) is 15.3. The molecular weight excluding hydrogens is 388 g/mol. The number of benzene rings is 2. The van der Waals surface area contributed by atoms with E-state index in [0.29, 0.717) is 23.1 Å². The molecule has 2 heterocycles. The third kappa shape index (κ3) is 5.96.